The Bertz CT molecular complexity index is 687. The Morgan fingerprint density at radius 3 is 2.57 bits per heavy atom. The molecule has 0 unspecified atom stereocenters. The van der Waals surface area contributed by atoms with Crippen LogP contribution in [-0.4, -0.2) is 4.57 Å². The summed E-state index contributed by atoms with van der Waals surface area (Å²) in [7, 11) is 0. The van der Waals surface area contributed by atoms with Crippen LogP contribution in [0.5, 0.6) is 0 Å². The van der Waals surface area contributed by atoms with Crippen LogP contribution >= 0.6 is 11.3 Å². The van der Waals surface area contributed by atoms with E-state index in [2.05, 4.69) is 48.9 Å². The molecule has 1 heterocycles. The third-order valence-corrected chi connectivity index (χ3v) is 5.39. The molecular weight excluding hydrogens is 276 g/mol. The number of nitrogens with zero attached hydrogens (tertiary/aromatic N) is 2. The minimum absolute atomic E-state index is 0.648. The fraction of sp³-hybridized carbons (Fsp3) is 0.500. The molecule has 0 N–H and O–H groups in total. The molecule has 1 fully saturated rings. The maximum Gasteiger partial charge on any atom is 0.190 e. The van der Waals surface area contributed by atoms with Gasteiger partial charge in [0.1, 0.15) is 0 Å². The molecule has 2 nitrogen and oxygen atoms in total. The smallest absolute Gasteiger partial charge is 0.190 e. The number of rotatable bonds is 2. The van der Waals surface area contributed by atoms with Gasteiger partial charge in [0.25, 0.3) is 0 Å². The monoisotopic (exact) mass is 300 g/mol. The summed E-state index contributed by atoms with van der Waals surface area (Å²) in [6, 6.07) is 7.15. The first-order chi connectivity index (χ1) is 10.1. The molecule has 1 aromatic carbocycles. The maximum absolute atomic E-state index is 4.96. The molecule has 0 bridgehead atoms. The van der Waals surface area contributed by atoms with Gasteiger partial charge >= 0.3 is 0 Å². The Hall–Kier alpha value is -1.35. The molecule has 0 radical (unpaired) electrons. The molecule has 1 aliphatic rings. The highest BCUT2D eigenvalue weighted by molar-refractivity contribution is 7.07. The lowest BCUT2D eigenvalue weighted by Crippen LogP contribution is -2.23. The predicted molar refractivity (Wildman–Crippen MR) is 90.3 cm³/mol. The van der Waals surface area contributed by atoms with Gasteiger partial charge in [-0.25, -0.2) is 4.99 Å². The summed E-state index contributed by atoms with van der Waals surface area (Å²) >= 11 is 1.77. The Kier molecular flexibility index (Phi) is 4.29. The molecule has 1 saturated carbocycles. The summed E-state index contributed by atoms with van der Waals surface area (Å²) in [5.41, 5.74) is 5.02. The van der Waals surface area contributed by atoms with Gasteiger partial charge in [-0.3, -0.25) is 0 Å². The van der Waals surface area contributed by atoms with Gasteiger partial charge in [-0.1, -0.05) is 37.0 Å². The first-order valence-electron chi connectivity index (χ1n) is 7.94. The maximum atomic E-state index is 4.96. The largest absolute Gasteiger partial charge is 0.318 e. The van der Waals surface area contributed by atoms with Crippen molar-refractivity contribution in [3.63, 3.8) is 0 Å². The second-order valence-corrected chi connectivity index (χ2v) is 7.06. The van der Waals surface area contributed by atoms with E-state index >= 15 is 0 Å². The first-order valence-corrected chi connectivity index (χ1v) is 8.82. The Morgan fingerprint density at radius 1 is 1.10 bits per heavy atom. The van der Waals surface area contributed by atoms with Crippen LogP contribution in [0.25, 0.3) is 0 Å². The van der Waals surface area contributed by atoms with Crippen LogP contribution in [0.4, 0.5) is 5.69 Å². The van der Waals surface area contributed by atoms with Gasteiger partial charge < -0.3 is 4.57 Å². The lowest BCUT2D eigenvalue weighted by Gasteiger charge is -2.24. The fourth-order valence-electron chi connectivity index (χ4n) is 3.30. The minimum atomic E-state index is 0.648. The van der Waals surface area contributed by atoms with Crippen molar-refractivity contribution >= 4 is 17.0 Å². The summed E-state index contributed by atoms with van der Waals surface area (Å²) in [6.07, 6.45) is 6.71. The van der Waals surface area contributed by atoms with Crippen LogP contribution in [0.3, 0.4) is 0 Å². The van der Waals surface area contributed by atoms with Crippen LogP contribution in [0.1, 0.15) is 55.0 Å². The van der Waals surface area contributed by atoms with E-state index in [-0.39, 0.29) is 0 Å². The summed E-state index contributed by atoms with van der Waals surface area (Å²) < 4.78 is 2.48. The van der Waals surface area contributed by atoms with Gasteiger partial charge in [0.2, 0.25) is 0 Å². The standard InChI is InChI=1S/C18H24N2S/c1-13-9-10-17(14(2)11-13)19-18-20(15(3)12-21-18)16-7-5-4-6-8-16/h9-12,16H,4-8H2,1-3H3. The summed E-state index contributed by atoms with van der Waals surface area (Å²) in [6.45, 7) is 6.50. The van der Waals surface area contributed by atoms with Crippen molar-refractivity contribution in [1.29, 1.82) is 0 Å². The van der Waals surface area contributed by atoms with E-state index in [0.29, 0.717) is 6.04 Å². The molecule has 0 aliphatic heterocycles. The highest BCUT2D eigenvalue weighted by atomic mass is 32.1. The van der Waals surface area contributed by atoms with Crippen molar-refractivity contribution in [3.05, 3.63) is 45.2 Å². The number of hydrogen-bond donors (Lipinski definition) is 0. The normalized spacial score (nSPS) is 17.4. The zero-order valence-electron chi connectivity index (χ0n) is 13.2. The first kappa shape index (κ1) is 14.6. The molecule has 0 saturated heterocycles. The van der Waals surface area contributed by atoms with Crippen LogP contribution in [0.15, 0.2) is 28.6 Å². The van der Waals surface area contributed by atoms with Crippen molar-refractivity contribution in [1.82, 2.24) is 4.57 Å². The van der Waals surface area contributed by atoms with Crippen LogP contribution in [0, 0.1) is 20.8 Å². The van der Waals surface area contributed by atoms with E-state index in [1.165, 1.54) is 48.9 Å². The van der Waals surface area contributed by atoms with Gasteiger partial charge in [0.05, 0.1) is 5.69 Å². The summed E-state index contributed by atoms with van der Waals surface area (Å²) in [5, 5.41) is 2.25. The molecular formula is C18H24N2S. The van der Waals surface area contributed by atoms with Crippen molar-refractivity contribution in [3.8, 4) is 0 Å². The number of benzene rings is 1. The molecule has 112 valence electrons. The lowest BCUT2D eigenvalue weighted by molar-refractivity contribution is 0.344. The van der Waals surface area contributed by atoms with Gasteiger partial charge in [0, 0.05) is 17.1 Å². The van der Waals surface area contributed by atoms with Crippen LogP contribution in [0.2, 0.25) is 0 Å². The zero-order valence-corrected chi connectivity index (χ0v) is 14.0. The molecule has 1 aromatic heterocycles. The SMILES string of the molecule is Cc1ccc(N=c2scc(C)n2C2CCCCC2)c(C)c1. The van der Waals surface area contributed by atoms with E-state index in [1.54, 1.807) is 11.3 Å². The minimum Gasteiger partial charge on any atom is -0.318 e. The van der Waals surface area contributed by atoms with Gasteiger partial charge in [0.15, 0.2) is 4.80 Å². The fourth-order valence-corrected chi connectivity index (χ4v) is 4.25. The average Bonchev–Trinajstić information content (AvgIpc) is 2.84. The third-order valence-electron chi connectivity index (χ3n) is 4.43. The molecule has 3 heteroatoms. The van der Waals surface area contributed by atoms with E-state index in [1.807, 2.05) is 0 Å². The van der Waals surface area contributed by atoms with Gasteiger partial charge in [-0.2, -0.15) is 0 Å². The third kappa shape index (κ3) is 3.13. The number of aromatic nitrogens is 1. The van der Waals surface area contributed by atoms with Crippen molar-refractivity contribution < 1.29 is 0 Å². The van der Waals surface area contributed by atoms with Crippen molar-refractivity contribution in [2.24, 2.45) is 4.99 Å². The second kappa shape index (κ2) is 6.18. The molecule has 0 atom stereocenters. The molecule has 0 amide bonds. The van der Waals surface area contributed by atoms with E-state index in [4.69, 9.17) is 4.99 Å². The summed E-state index contributed by atoms with van der Waals surface area (Å²) in [5.74, 6) is 0. The topological polar surface area (TPSA) is 17.3 Å². The lowest BCUT2D eigenvalue weighted by atomic mass is 9.95. The van der Waals surface area contributed by atoms with Crippen molar-refractivity contribution in [2.45, 2.75) is 58.9 Å². The quantitative estimate of drug-likeness (QED) is 0.724. The summed E-state index contributed by atoms with van der Waals surface area (Å²) in [4.78, 5) is 6.12. The van der Waals surface area contributed by atoms with Crippen LogP contribution in [-0.2, 0) is 0 Å². The number of aryl methyl sites for hydroxylation is 3. The van der Waals surface area contributed by atoms with Crippen molar-refractivity contribution in [2.75, 3.05) is 0 Å². The highest BCUT2D eigenvalue weighted by Crippen LogP contribution is 2.29. The number of hydrogen-bond acceptors (Lipinski definition) is 2. The van der Waals surface area contributed by atoms with Crippen LogP contribution < -0.4 is 4.80 Å². The number of thiazole rings is 1. The average molecular weight is 300 g/mol. The van der Waals surface area contributed by atoms with E-state index < -0.39 is 0 Å². The zero-order chi connectivity index (χ0) is 14.8. The molecule has 1 aliphatic carbocycles. The Balaban J connectivity index is 2.04. The Morgan fingerprint density at radius 2 is 1.86 bits per heavy atom. The van der Waals surface area contributed by atoms with E-state index in [9.17, 15) is 0 Å². The highest BCUT2D eigenvalue weighted by Gasteiger charge is 2.17. The van der Waals surface area contributed by atoms with E-state index in [0.717, 1.165) is 10.5 Å². The molecule has 3 rings (SSSR count). The molecule has 0 spiro atoms. The second-order valence-electron chi connectivity index (χ2n) is 6.22. The predicted octanol–water partition coefficient (Wildman–Crippen LogP) is 5.21. The van der Waals surface area contributed by atoms with Gasteiger partial charge in [-0.05, 0) is 45.2 Å². The Labute approximate surface area is 131 Å². The van der Waals surface area contributed by atoms with Gasteiger partial charge in [-0.15, -0.1) is 11.3 Å². The molecule has 2 aromatic rings. The molecule has 21 heavy (non-hydrogen) atoms.